The van der Waals surface area contributed by atoms with E-state index in [9.17, 15) is 10.0 Å². The van der Waals surface area contributed by atoms with Crippen LogP contribution in [0, 0.1) is 5.21 Å². The van der Waals surface area contributed by atoms with Crippen LogP contribution in [0.5, 0.6) is 5.75 Å². The topological polar surface area (TPSA) is 85.5 Å². The molecule has 1 aliphatic heterocycles. The fraction of sp³-hybridized carbons (Fsp3) is 0.231. The Kier molecular flexibility index (Phi) is 5.71. The molecule has 8 heteroatoms. The summed E-state index contributed by atoms with van der Waals surface area (Å²) in [6.45, 7) is 5.53. The van der Waals surface area contributed by atoms with Crippen LogP contribution in [0.25, 0.3) is 10.9 Å². The predicted octanol–water partition coefficient (Wildman–Crippen LogP) is 4.02. The highest BCUT2D eigenvalue weighted by molar-refractivity contribution is 6.12. The van der Waals surface area contributed by atoms with Crippen molar-refractivity contribution in [1.82, 2.24) is 9.97 Å². The minimum absolute atomic E-state index is 0.0907. The summed E-state index contributed by atoms with van der Waals surface area (Å²) in [5, 5.41) is 12.8. The zero-order valence-electron chi connectivity index (χ0n) is 19.1. The Bertz CT molecular complexity index is 1370. The van der Waals surface area contributed by atoms with E-state index >= 15 is 0 Å². The summed E-state index contributed by atoms with van der Waals surface area (Å²) >= 11 is 0. The molecule has 1 aliphatic rings. The summed E-state index contributed by atoms with van der Waals surface area (Å²) in [5.74, 6) is 1.90. The Morgan fingerprint density at radius 3 is 2.65 bits per heavy atom. The molecule has 0 radical (unpaired) electrons. The number of ether oxygens (including phenoxy) is 1. The number of hydrogen-bond donors (Lipinski definition) is 0. The first-order valence-electron chi connectivity index (χ1n) is 11.4. The number of amides is 1. The monoisotopic (exact) mass is 455 g/mol. The molecule has 0 saturated heterocycles. The third-order valence-electron chi connectivity index (χ3n) is 6.02. The molecule has 0 spiro atoms. The van der Waals surface area contributed by atoms with Crippen molar-refractivity contribution < 1.29 is 14.3 Å². The lowest BCUT2D eigenvalue weighted by Crippen LogP contribution is -2.30. The summed E-state index contributed by atoms with van der Waals surface area (Å²) < 4.78 is 6.84. The molecule has 0 saturated carbocycles. The third-order valence-corrected chi connectivity index (χ3v) is 6.02. The van der Waals surface area contributed by atoms with Crippen LogP contribution >= 0.6 is 0 Å². The zero-order chi connectivity index (χ0) is 23.7. The number of rotatable bonds is 6. The first kappa shape index (κ1) is 21.6. The Balaban J connectivity index is 1.42. The maximum atomic E-state index is 13.5. The molecule has 5 rings (SSSR count). The lowest BCUT2D eigenvalue weighted by atomic mass is 10.1. The van der Waals surface area contributed by atoms with Crippen molar-refractivity contribution in [3.05, 3.63) is 83.5 Å². The first-order chi connectivity index (χ1) is 16.6. The molecule has 4 aromatic rings. The van der Waals surface area contributed by atoms with Crippen molar-refractivity contribution >= 4 is 34.1 Å². The van der Waals surface area contributed by atoms with E-state index in [-0.39, 0.29) is 5.91 Å². The highest BCUT2D eigenvalue weighted by Crippen LogP contribution is 2.38. The van der Waals surface area contributed by atoms with Crippen molar-refractivity contribution in [3.8, 4) is 5.75 Å². The maximum absolute atomic E-state index is 13.5. The smallest absolute Gasteiger partial charge is 0.262 e. The van der Waals surface area contributed by atoms with E-state index in [0.29, 0.717) is 48.8 Å². The molecular weight excluding hydrogens is 430 g/mol. The number of aromatic nitrogens is 3. The van der Waals surface area contributed by atoms with E-state index in [1.165, 1.54) is 6.20 Å². The first-order valence-corrected chi connectivity index (χ1v) is 11.4. The molecule has 0 N–H and O–H groups in total. The molecule has 1 amide bonds. The van der Waals surface area contributed by atoms with Gasteiger partial charge in [-0.3, -0.25) is 4.79 Å². The molecule has 172 valence electrons. The largest absolute Gasteiger partial charge is 0.618 e. The summed E-state index contributed by atoms with van der Waals surface area (Å²) in [7, 11) is 0. The van der Waals surface area contributed by atoms with Crippen LogP contribution in [0.2, 0.25) is 0 Å². The van der Waals surface area contributed by atoms with Crippen molar-refractivity contribution in [2.45, 2.75) is 20.3 Å². The van der Waals surface area contributed by atoms with Gasteiger partial charge in [-0.15, -0.1) is 0 Å². The van der Waals surface area contributed by atoms with E-state index in [1.807, 2.05) is 55.1 Å². The lowest BCUT2D eigenvalue weighted by molar-refractivity contribution is -0.577. The minimum Gasteiger partial charge on any atom is -0.618 e. The Morgan fingerprint density at radius 2 is 1.82 bits per heavy atom. The molecule has 0 fully saturated rings. The number of benzene rings is 1. The molecule has 3 aromatic heterocycles. The molecule has 34 heavy (non-hydrogen) atoms. The average Bonchev–Trinajstić information content (AvgIpc) is 2.97. The number of hydrogen-bond acceptors (Lipinski definition) is 6. The number of nitrogens with zero attached hydrogens (tertiary/aromatic N) is 5. The second-order valence-electron chi connectivity index (χ2n) is 7.98. The molecule has 0 bridgehead atoms. The molecule has 8 nitrogen and oxygen atoms in total. The number of fused-ring (bicyclic) bond motifs is 3. The van der Waals surface area contributed by atoms with Crippen molar-refractivity contribution in [2.75, 3.05) is 29.5 Å². The minimum atomic E-state index is -0.0907. The Hall–Kier alpha value is -4.20. The van der Waals surface area contributed by atoms with Gasteiger partial charge in [0.15, 0.2) is 12.0 Å². The van der Waals surface area contributed by atoms with Gasteiger partial charge >= 0.3 is 0 Å². The second kappa shape index (κ2) is 8.97. The highest BCUT2D eigenvalue weighted by atomic mass is 16.5. The van der Waals surface area contributed by atoms with Crippen LogP contribution < -0.4 is 19.3 Å². The second-order valence-corrected chi connectivity index (χ2v) is 7.98. The van der Waals surface area contributed by atoms with Gasteiger partial charge in [-0.05, 0) is 43.7 Å². The molecule has 0 atom stereocenters. The van der Waals surface area contributed by atoms with Crippen molar-refractivity contribution in [3.63, 3.8) is 0 Å². The van der Waals surface area contributed by atoms with Gasteiger partial charge < -0.3 is 19.7 Å². The van der Waals surface area contributed by atoms with E-state index in [1.54, 1.807) is 29.4 Å². The molecule has 1 aromatic carbocycles. The zero-order valence-corrected chi connectivity index (χ0v) is 19.1. The average molecular weight is 456 g/mol. The van der Waals surface area contributed by atoms with Gasteiger partial charge in [0.05, 0.1) is 23.2 Å². The molecule has 0 aliphatic carbocycles. The summed E-state index contributed by atoms with van der Waals surface area (Å²) in [6.07, 6.45) is 5.54. The Morgan fingerprint density at radius 1 is 1.00 bits per heavy atom. The summed E-state index contributed by atoms with van der Waals surface area (Å²) in [6, 6.07) is 14.7. The Labute approximate surface area is 197 Å². The van der Waals surface area contributed by atoms with Crippen LogP contribution in [-0.2, 0) is 6.42 Å². The predicted molar refractivity (Wildman–Crippen MR) is 131 cm³/mol. The van der Waals surface area contributed by atoms with Crippen molar-refractivity contribution in [2.24, 2.45) is 0 Å². The van der Waals surface area contributed by atoms with E-state index < -0.39 is 0 Å². The normalized spacial score (nSPS) is 12.9. The lowest BCUT2D eigenvalue weighted by Gasteiger charge is -2.23. The van der Waals surface area contributed by atoms with Crippen LogP contribution in [0.15, 0.2) is 67.1 Å². The fourth-order valence-electron chi connectivity index (χ4n) is 4.37. The number of para-hydroxylation sites is 1. The third kappa shape index (κ3) is 3.67. The van der Waals surface area contributed by atoms with Gasteiger partial charge in [-0.1, -0.05) is 12.1 Å². The van der Waals surface area contributed by atoms with E-state index in [0.717, 1.165) is 27.2 Å². The standard InChI is InChI=1S/C26H25N5O3/c1-3-29-22-10-7-13-27-25(22)30(4-2)24-20(26(29)32)16-18(17-28-24)12-15-34-23-11-14-31(33)21-9-6-5-8-19(21)23/h5-11,13-14,16-17H,3-4,12,15H2,1-2H3. The van der Waals surface area contributed by atoms with Crippen LogP contribution in [0.1, 0.15) is 29.8 Å². The van der Waals surface area contributed by atoms with Gasteiger partial charge in [0.25, 0.3) is 5.91 Å². The van der Waals surface area contributed by atoms with Gasteiger partial charge in [-0.2, -0.15) is 4.73 Å². The van der Waals surface area contributed by atoms with E-state index in [2.05, 4.69) is 9.97 Å². The van der Waals surface area contributed by atoms with Gasteiger partial charge in [0, 0.05) is 44.0 Å². The number of carbonyl (C=O) groups excluding carboxylic acids is 1. The fourth-order valence-corrected chi connectivity index (χ4v) is 4.37. The number of carbonyl (C=O) groups is 1. The molecule has 4 heterocycles. The summed E-state index contributed by atoms with van der Waals surface area (Å²) in [4.78, 5) is 26.4. The quantitative estimate of drug-likeness (QED) is 0.322. The number of anilines is 3. The SMILES string of the molecule is CCN1C(=O)c2cc(CCOc3cc[n+]([O-])c4ccccc34)cnc2N(CC)c2ncccc21. The number of pyridine rings is 3. The molecule has 0 unspecified atom stereocenters. The van der Waals surface area contributed by atoms with Crippen LogP contribution in [-0.4, -0.2) is 35.6 Å². The van der Waals surface area contributed by atoms with Crippen LogP contribution in [0.3, 0.4) is 0 Å². The van der Waals surface area contributed by atoms with Crippen LogP contribution in [0.4, 0.5) is 17.3 Å². The van der Waals surface area contributed by atoms with Crippen molar-refractivity contribution in [1.29, 1.82) is 0 Å². The van der Waals surface area contributed by atoms with Gasteiger partial charge in [0.2, 0.25) is 5.52 Å². The summed E-state index contributed by atoms with van der Waals surface area (Å²) in [5.41, 5.74) is 2.80. The van der Waals surface area contributed by atoms with Gasteiger partial charge in [0.1, 0.15) is 11.6 Å². The molecular formula is C26H25N5O3. The maximum Gasteiger partial charge on any atom is 0.262 e. The van der Waals surface area contributed by atoms with E-state index in [4.69, 9.17) is 4.74 Å². The highest BCUT2D eigenvalue weighted by Gasteiger charge is 2.31. The van der Waals surface area contributed by atoms with Gasteiger partial charge in [-0.25, -0.2) is 9.97 Å².